The summed E-state index contributed by atoms with van der Waals surface area (Å²) in [6.07, 6.45) is 0. The van der Waals surface area contributed by atoms with E-state index in [4.69, 9.17) is 9.47 Å². The fourth-order valence-corrected chi connectivity index (χ4v) is 1.97. The molecule has 0 aliphatic rings. The van der Waals surface area contributed by atoms with Gasteiger partial charge in [0.1, 0.15) is 12.4 Å². The number of hydrogen-bond donors (Lipinski definition) is 1. The molecule has 0 aliphatic heterocycles. The molecule has 0 spiro atoms. The Bertz CT molecular complexity index is 553. The van der Waals surface area contributed by atoms with Gasteiger partial charge in [-0.2, -0.15) is 0 Å². The Morgan fingerprint density at radius 1 is 1.10 bits per heavy atom. The maximum absolute atomic E-state index is 5.75. The Hall–Kier alpha value is -2.07. The number of nitrogens with one attached hydrogen (secondary N) is 1. The second kappa shape index (κ2) is 6.91. The number of nitrogens with zero attached hydrogens (tertiary/aromatic N) is 1. The molecule has 4 nitrogen and oxygen atoms in total. The average Bonchev–Trinajstić information content (AvgIpc) is 2.45. The van der Waals surface area contributed by atoms with E-state index < -0.39 is 0 Å². The molecule has 2 aromatic rings. The summed E-state index contributed by atoms with van der Waals surface area (Å²) >= 11 is 0. The number of methoxy groups -OCH3 is 1. The van der Waals surface area contributed by atoms with Gasteiger partial charge in [0, 0.05) is 18.3 Å². The molecule has 0 unspecified atom stereocenters. The van der Waals surface area contributed by atoms with Crippen LogP contribution in [0.1, 0.15) is 16.8 Å². The van der Waals surface area contributed by atoms with E-state index in [1.54, 1.807) is 7.11 Å². The molecule has 0 amide bonds. The van der Waals surface area contributed by atoms with Crippen molar-refractivity contribution in [3.05, 3.63) is 53.2 Å². The maximum atomic E-state index is 5.75. The SMILES string of the molecule is CNCc1cc(C)nc(OCc2ccc(OC)cc2)c1. The molecule has 1 N–H and O–H groups in total. The lowest BCUT2D eigenvalue weighted by Crippen LogP contribution is -2.06. The Balaban J connectivity index is 2.02. The second-order valence-electron chi connectivity index (χ2n) is 4.62. The number of benzene rings is 1. The van der Waals surface area contributed by atoms with Crippen molar-refractivity contribution in [2.45, 2.75) is 20.1 Å². The van der Waals surface area contributed by atoms with Crippen molar-refractivity contribution >= 4 is 0 Å². The van der Waals surface area contributed by atoms with Crippen LogP contribution in [-0.2, 0) is 13.2 Å². The molecule has 2 rings (SSSR count). The summed E-state index contributed by atoms with van der Waals surface area (Å²) in [5, 5.41) is 3.13. The Morgan fingerprint density at radius 2 is 1.85 bits per heavy atom. The lowest BCUT2D eigenvalue weighted by molar-refractivity contribution is 0.292. The summed E-state index contributed by atoms with van der Waals surface area (Å²) in [7, 11) is 3.58. The van der Waals surface area contributed by atoms with Gasteiger partial charge in [0.05, 0.1) is 7.11 Å². The largest absolute Gasteiger partial charge is 0.497 e. The van der Waals surface area contributed by atoms with Gasteiger partial charge in [0.15, 0.2) is 0 Å². The third-order valence-electron chi connectivity index (χ3n) is 2.92. The quantitative estimate of drug-likeness (QED) is 0.878. The van der Waals surface area contributed by atoms with Gasteiger partial charge < -0.3 is 14.8 Å². The molecule has 1 heterocycles. The third kappa shape index (κ3) is 3.96. The highest BCUT2D eigenvalue weighted by molar-refractivity contribution is 5.28. The first-order valence-corrected chi connectivity index (χ1v) is 6.59. The normalized spacial score (nSPS) is 10.3. The molecule has 1 aromatic carbocycles. The van der Waals surface area contributed by atoms with E-state index in [9.17, 15) is 0 Å². The summed E-state index contributed by atoms with van der Waals surface area (Å²) in [6.45, 7) is 3.28. The number of hydrogen-bond acceptors (Lipinski definition) is 4. The molecule has 20 heavy (non-hydrogen) atoms. The van der Waals surface area contributed by atoms with Crippen LogP contribution >= 0.6 is 0 Å². The van der Waals surface area contributed by atoms with Crippen LogP contribution in [0.15, 0.2) is 36.4 Å². The summed E-state index contributed by atoms with van der Waals surface area (Å²) < 4.78 is 10.9. The number of rotatable bonds is 6. The van der Waals surface area contributed by atoms with Crippen molar-refractivity contribution in [1.82, 2.24) is 10.3 Å². The maximum Gasteiger partial charge on any atom is 0.214 e. The van der Waals surface area contributed by atoms with Gasteiger partial charge in [-0.05, 0) is 43.3 Å². The molecule has 0 aliphatic carbocycles. The summed E-state index contributed by atoms with van der Waals surface area (Å²) in [5.74, 6) is 1.50. The first-order chi connectivity index (χ1) is 9.71. The zero-order valence-corrected chi connectivity index (χ0v) is 12.1. The van der Waals surface area contributed by atoms with E-state index in [-0.39, 0.29) is 0 Å². The molecule has 106 valence electrons. The minimum atomic E-state index is 0.499. The van der Waals surface area contributed by atoms with Crippen LogP contribution in [0.5, 0.6) is 11.6 Å². The molecule has 0 bridgehead atoms. The Kier molecular flexibility index (Phi) is 4.96. The Morgan fingerprint density at radius 3 is 2.50 bits per heavy atom. The van der Waals surface area contributed by atoms with E-state index >= 15 is 0 Å². The topological polar surface area (TPSA) is 43.4 Å². The van der Waals surface area contributed by atoms with Crippen LogP contribution in [0.3, 0.4) is 0 Å². The first-order valence-electron chi connectivity index (χ1n) is 6.59. The van der Waals surface area contributed by atoms with Crippen LogP contribution in [0.2, 0.25) is 0 Å². The first kappa shape index (κ1) is 14.3. The van der Waals surface area contributed by atoms with Gasteiger partial charge in [-0.25, -0.2) is 4.98 Å². The zero-order valence-electron chi connectivity index (χ0n) is 12.1. The molecular formula is C16H20N2O2. The predicted molar refractivity (Wildman–Crippen MR) is 79.1 cm³/mol. The number of aromatic nitrogens is 1. The van der Waals surface area contributed by atoms with Crippen molar-refractivity contribution in [1.29, 1.82) is 0 Å². The van der Waals surface area contributed by atoms with Crippen LogP contribution < -0.4 is 14.8 Å². The van der Waals surface area contributed by atoms with Crippen LogP contribution in [0, 0.1) is 6.92 Å². The van der Waals surface area contributed by atoms with E-state index in [2.05, 4.69) is 16.4 Å². The summed E-state index contributed by atoms with van der Waals surface area (Å²) in [4.78, 5) is 4.39. The van der Waals surface area contributed by atoms with Crippen LogP contribution in [0.4, 0.5) is 0 Å². The number of pyridine rings is 1. The van der Waals surface area contributed by atoms with Crippen molar-refractivity contribution in [2.24, 2.45) is 0 Å². The smallest absolute Gasteiger partial charge is 0.214 e. The van der Waals surface area contributed by atoms with E-state index in [0.29, 0.717) is 12.5 Å². The van der Waals surface area contributed by atoms with Gasteiger partial charge in [0.2, 0.25) is 5.88 Å². The van der Waals surface area contributed by atoms with Crippen molar-refractivity contribution in [3.63, 3.8) is 0 Å². The highest BCUT2D eigenvalue weighted by Crippen LogP contribution is 2.16. The fraction of sp³-hybridized carbons (Fsp3) is 0.312. The molecule has 0 fully saturated rings. The molecule has 0 radical (unpaired) electrons. The predicted octanol–water partition coefficient (Wildman–Crippen LogP) is 2.70. The zero-order chi connectivity index (χ0) is 14.4. The highest BCUT2D eigenvalue weighted by Gasteiger charge is 2.02. The molecule has 0 atom stereocenters. The van der Waals surface area contributed by atoms with Gasteiger partial charge in [-0.3, -0.25) is 0 Å². The second-order valence-corrected chi connectivity index (χ2v) is 4.62. The van der Waals surface area contributed by atoms with E-state index in [1.807, 2.05) is 44.3 Å². The number of aryl methyl sites for hydroxylation is 1. The lowest BCUT2D eigenvalue weighted by atomic mass is 10.2. The molecule has 0 saturated heterocycles. The van der Waals surface area contributed by atoms with Gasteiger partial charge >= 0.3 is 0 Å². The van der Waals surface area contributed by atoms with Crippen LogP contribution in [0.25, 0.3) is 0 Å². The van der Waals surface area contributed by atoms with Crippen molar-refractivity contribution in [2.75, 3.05) is 14.2 Å². The molecule has 0 saturated carbocycles. The highest BCUT2D eigenvalue weighted by atomic mass is 16.5. The Labute approximate surface area is 119 Å². The van der Waals surface area contributed by atoms with E-state index in [1.165, 1.54) is 5.56 Å². The summed E-state index contributed by atoms with van der Waals surface area (Å²) in [6, 6.07) is 11.8. The van der Waals surface area contributed by atoms with E-state index in [0.717, 1.165) is 23.6 Å². The molecular weight excluding hydrogens is 252 g/mol. The minimum Gasteiger partial charge on any atom is -0.497 e. The van der Waals surface area contributed by atoms with Gasteiger partial charge in [-0.1, -0.05) is 12.1 Å². The summed E-state index contributed by atoms with van der Waals surface area (Å²) in [5.41, 5.74) is 3.22. The van der Waals surface area contributed by atoms with Gasteiger partial charge in [-0.15, -0.1) is 0 Å². The average molecular weight is 272 g/mol. The monoisotopic (exact) mass is 272 g/mol. The third-order valence-corrected chi connectivity index (χ3v) is 2.92. The van der Waals surface area contributed by atoms with Crippen LogP contribution in [-0.4, -0.2) is 19.1 Å². The standard InChI is InChI=1S/C16H20N2O2/c1-12-8-14(10-17-2)9-16(18-12)20-11-13-4-6-15(19-3)7-5-13/h4-9,17H,10-11H2,1-3H3. The minimum absolute atomic E-state index is 0.499. The van der Waals surface area contributed by atoms with Gasteiger partial charge in [0.25, 0.3) is 0 Å². The molecule has 1 aromatic heterocycles. The lowest BCUT2D eigenvalue weighted by Gasteiger charge is -2.09. The number of ether oxygens (including phenoxy) is 2. The fourth-order valence-electron chi connectivity index (χ4n) is 1.97. The van der Waals surface area contributed by atoms with Crippen molar-refractivity contribution in [3.8, 4) is 11.6 Å². The van der Waals surface area contributed by atoms with Crippen molar-refractivity contribution < 1.29 is 9.47 Å². The molecule has 4 heteroatoms.